The van der Waals surface area contributed by atoms with Gasteiger partial charge in [0.1, 0.15) is 5.82 Å². The number of aryl methyl sites for hydroxylation is 1. The van der Waals surface area contributed by atoms with Crippen LogP contribution < -0.4 is 0 Å². The van der Waals surface area contributed by atoms with Crippen molar-refractivity contribution < 1.29 is 8.78 Å². The largest absolute Gasteiger partial charge is 0.321 e. The molecule has 0 fully saturated rings. The smallest absolute Gasteiger partial charge is 0.256 e. The number of aromatic nitrogens is 2. The number of nitrogens with zero attached hydrogens (tertiary/aromatic N) is 2. The van der Waals surface area contributed by atoms with Crippen molar-refractivity contribution in [2.45, 2.75) is 25.8 Å². The maximum atomic E-state index is 12.5. The third-order valence-corrected chi connectivity index (χ3v) is 2.66. The van der Waals surface area contributed by atoms with Gasteiger partial charge in [0, 0.05) is 0 Å². The molecule has 86 valence electrons. The van der Waals surface area contributed by atoms with Gasteiger partial charge in [-0.1, -0.05) is 6.07 Å². The second kappa shape index (κ2) is 4.37. The first-order valence-electron chi connectivity index (χ1n) is 4.91. The van der Waals surface area contributed by atoms with Crippen LogP contribution in [0.2, 0.25) is 0 Å². The van der Waals surface area contributed by atoms with E-state index in [9.17, 15) is 8.78 Å². The molecule has 0 saturated heterocycles. The van der Waals surface area contributed by atoms with Gasteiger partial charge in [-0.3, -0.25) is 0 Å². The molecule has 0 aliphatic heterocycles. The average molecular weight is 245 g/mol. The Labute approximate surface area is 96.8 Å². The highest BCUT2D eigenvalue weighted by molar-refractivity contribution is 6.16. The molecular formula is C11H11ClF2N2. The fourth-order valence-electron chi connectivity index (χ4n) is 1.73. The van der Waals surface area contributed by atoms with Gasteiger partial charge >= 0.3 is 0 Å². The molecule has 1 aromatic carbocycles. The first-order valence-corrected chi connectivity index (χ1v) is 5.45. The van der Waals surface area contributed by atoms with Gasteiger partial charge in [0.05, 0.1) is 23.5 Å². The van der Waals surface area contributed by atoms with Crippen molar-refractivity contribution in [1.82, 2.24) is 9.55 Å². The van der Waals surface area contributed by atoms with E-state index < -0.39 is 6.43 Å². The lowest BCUT2D eigenvalue weighted by Gasteiger charge is -2.06. The summed E-state index contributed by atoms with van der Waals surface area (Å²) >= 11 is 5.70. The summed E-state index contributed by atoms with van der Waals surface area (Å²) in [5, 5.41) is 0. The molecule has 16 heavy (non-hydrogen) atoms. The Balaban J connectivity index is 2.60. The number of hydrogen-bond donors (Lipinski definition) is 0. The molecule has 0 N–H and O–H groups in total. The minimum Gasteiger partial charge on any atom is -0.321 e. The highest BCUT2D eigenvalue weighted by Crippen LogP contribution is 2.20. The minimum absolute atomic E-state index is 0.139. The second-order valence-corrected chi connectivity index (χ2v) is 3.92. The van der Waals surface area contributed by atoms with E-state index in [0.717, 1.165) is 11.1 Å². The van der Waals surface area contributed by atoms with Gasteiger partial charge in [0.25, 0.3) is 6.43 Å². The molecule has 0 radical (unpaired) electrons. The van der Waals surface area contributed by atoms with E-state index >= 15 is 0 Å². The van der Waals surface area contributed by atoms with Crippen molar-refractivity contribution in [3.63, 3.8) is 0 Å². The summed E-state index contributed by atoms with van der Waals surface area (Å²) in [7, 11) is 0. The lowest BCUT2D eigenvalue weighted by Crippen LogP contribution is -2.09. The molecule has 1 aromatic heterocycles. The van der Waals surface area contributed by atoms with Gasteiger partial charge < -0.3 is 4.57 Å². The van der Waals surface area contributed by atoms with E-state index in [0.29, 0.717) is 11.3 Å². The van der Waals surface area contributed by atoms with Crippen LogP contribution in [0.25, 0.3) is 11.0 Å². The van der Waals surface area contributed by atoms with E-state index in [1.54, 1.807) is 0 Å². The molecule has 2 aromatic rings. The Bertz CT molecular complexity index is 508. The quantitative estimate of drug-likeness (QED) is 0.757. The van der Waals surface area contributed by atoms with Gasteiger partial charge in [-0.25, -0.2) is 13.8 Å². The van der Waals surface area contributed by atoms with Crippen LogP contribution in [0.4, 0.5) is 8.78 Å². The monoisotopic (exact) mass is 244 g/mol. The van der Waals surface area contributed by atoms with Crippen molar-refractivity contribution in [2.75, 3.05) is 0 Å². The SMILES string of the molecule is Cc1ccc2nc(CCl)n(CC(F)F)c2c1. The third kappa shape index (κ3) is 2.02. The Hall–Kier alpha value is -1.16. The lowest BCUT2D eigenvalue weighted by atomic mass is 10.2. The van der Waals surface area contributed by atoms with Crippen LogP contribution in [-0.2, 0) is 12.4 Å². The van der Waals surface area contributed by atoms with Crippen molar-refractivity contribution in [3.8, 4) is 0 Å². The summed E-state index contributed by atoms with van der Waals surface area (Å²) in [6.45, 7) is 1.56. The van der Waals surface area contributed by atoms with E-state index in [-0.39, 0.29) is 12.4 Å². The van der Waals surface area contributed by atoms with E-state index in [1.165, 1.54) is 4.57 Å². The van der Waals surface area contributed by atoms with Crippen LogP contribution in [0.3, 0.4) is 0 Å². The number of imidazole rings is 1. The fraction of sp³-hybridized carbons (Fsp3) is 0.364. The average Bonchev–Trinajstić information content (AvgIpc) is 2.56. The van der Waals surface area contributed by atoms with Crippen LogP contribution in [0, 0.1) is 6.92 Å². The van der Waals surface area contributed by atoms with Crippen LogP contribution in [-0.4, -0.2) is 16.0 Å². The highest BCUT2D eigenvalue weighted by Gasteiger charge is 2.13. The molecule has 5 heteroatoms. The maximum absolute atomic E-state index is 12.5. The van der Waals surface area contributed by atoms with Crippen LogP contribution in [0.1, 0.15) is 11.4 Å². The van der Waals surface area contributed by atoms with E-state index in [4.69, 9.17) is 11.6 Å². The predicted octanol–water partition coefficient (Wildman–Crippen LogP) is 3.35. The summed E-state index contributed by atoms with van der Waals surface area (Å²) in [6, 6.07) is 5.57. The number of fused-ring (bicyclic) bond motifs is 1. The number of benzene rings is 1. The molecule has 0 atom stereocenters. The molecule has 0 saturated carbocycles. The van der Waals surface area contributed by atoms with Gasteiger partial charge in [0.2, 0.25) is 0 Å². The molecule has 0 unspecified atom stereocenters. The molecule has 0 amide bonds. The maximum Gasteiger partial charge on any atom is 0.256 e. The molecular weight excluding hydrogens is 234 g/mol. The summed E-state index contributed by atoms with van der Waals surface area (Å²) in [4.78, 5) is 4.22. The standard InChI is InChI=1S/C11H11ClF2N2/c1-7-2-3-8-9(4-7)16(6-10(13)14)11(5-12)15-8/h2-4,10H,5-6H2,1H3. The van der Waals surface area contributed by atoms with E-state index in [1.807, 2.05) is 25.1 Å². The van der Waals surface area contributed by atoms with Crippen LogP contribution >= 0.6 is 11.6 Å². The summed E-state index contributed by atoms with van der Waals surface area (Å²) < 4.78 is 26.4. The minimum atomic E-state index is -2.40. The van der Waals surface area contributed by atoms with Gasteiger partial charge in [-0.05, 0) is 24.6 Å². The molecule has 0 aliphatic carbocycles. The van der Waals surface area contributed by atoms with Crippen LogP contribution in [0.15, 0.2) is 18.2 Å². The lowest BCUT2D eigenvalue weighted by molar-refractivity contribution is 0.127. The Morgan fingerprint density at radius 1 is 1.44 bits per heavy atom. The topological polar surface area (TPSA) is 17.8 Å². The molecule has 2 rings (SSSR count). The Morgan fingerprint density at radius 2 is 2.19 bits per heavy atom. The zero-order valence-corrected chi connectivity index (χ0v) is 9.51. The number of hydrogen-bond acceptors (Lipinski definition) is 1. The third-order valence-electron chi connectivity index (χ3n) is 2.42. The van der Waals surface area contributed by atoms with Crippen molar-refractivity contribution >= 4 is 22.6 Å². The fourth-order valence-corrected chi connectivity index (χ4v) is 1.93. The zero-order valence-electron chi connectivity index (χ0n) is 8.75. The Morgan fingerprint density at radius 3 is 2.81 bits per heavy atom. The summed E-state index contributed by atoms with van der Waals surface area (Å²) in [5.74, 6) is 0.628. The molecule has 0 bridgehead atoms. The molecule has 0 aliphatic rings. The zero-order chi connectivity index (χ0) is 11.7. The molecule has 2 nitrogen and oxygen atoms in total. The van der Waals surface area contributed by atoms with Crippen LogP contribution in [0.5, 0.6) is 0 Å². The normalized spacial score (nSPS) is 11.6. The van der Waals surface area contributed by atoms with Gasteiger partial charge in [-0.15, -0.1) is 11.6 Å². The van der Waals surface area contributed by atoms with Crippen molar-refractivity contribution in [1.29, 1.82) is 0 Å². The predicted molar refractivity (Wildman–Crippen MR) is 60.0 cm³/mol. The van der Waals surface area contributed by atoms with Gasteiger partial charge in [0.15, 0.2) is 0 Å². The Kier molecular flexibility index (Phi) is 3.10. The highest BCUT2D eigenvalue weighted by atomic mass is 35.5. The summed E-state index contributed by atoms with van der Waals surface area (Å²) in [5.41, 5.74) is 2.45. The summed E-state index contributed by atoms with van der Waals surface area (Å²) in [6.07, 6.45) is -2.40. The van der Waals surface area contributed by atoms with Gasteiger partial charge in [-0.2, -0.15) is 0 Å². The number of alkyl halides is 3. The van der Waals surface area contributed by atoms with Crippen molar-refractivity contribution in [3.05, 3.63) is 29.6 Å². The second-order valence-electron chi connectivity index (χ2n) is 3.66. The first kappa shape index (κ1) is 11.3. The van der Waals surface area contributed by atoms with Crippen molar-refractivity contribution in [2.24, 2.45) is 0 Å². The first-order chi connectivity index (χ1) is 7.61. The van der Waals surface area contributed by atoms with E-state index in [2.05, 4.69) is 4.98 Å². The molecule has 0 spiro atoms. The molecule has 1 heterocycles. The number of halogens is 3. The number of rotatable bonds is 3.